The van der Waals surface area contributed by atoms with Gasteiger partial charge in [-0.1, -0.05) is 18.2 Å². The van der Waals surface area contributed by atoms with Gasteiger partial charge in [0.15, 0.2) is 0 Å². The van der Waals surface area contributed by atoms with E-state index in [4.69, 9.17) is 0 Å². The number of carbonyl (C=O) groups is 1. The van der Waals surface area contributed by atoms with E-state index in [-0.39, 0.29) is 5.91 Å². The Balaban J connectivity index is 2.50. The largest absolute Gasteiger partial charge is 0.351 e. The van der Waals surface area contributed by atoms with Crippen LogP contribution < -0.4 is 0 Å². The van der Waals surface area contributed by atoms with Crippen LogP contribution in [0.1, 0.15) is 10.5 Å². The van der Waals surface area contributed by atoms with Crippen LogP contribution in [0.25, 0.3) is 10.9 Å². The van der Waals surface area contributed by atoms with Gasteiger partial charge in [0, 0.05) is 25.0 Å². The van der Waals surface area contributed by atoms with Crippen molar-refractivity contribution in [3.8, 4) is 0 Å². The van der Waals surface area contributed by atoms with Gasteiger partial charge in [0.05, 0.1) is 0 Å². The number of fused-ring (bicyclic) bond motifs is 1. The van der Waals surface area contributed by atoms with Gasteiger partial charge in [0.1, 0.15) is 5.69 Å². The number of nitrogens with zero attached hydrogens (tertiary/aromatic N) is 1. The maximum Gasteiger partial charge on any atom is 0.269 e. The fraction of sp³-hybridized carbons (Fsp3) is 0.182. The van der Waals surface area contributed by atoms with Gasteiger partial charge in [-0.25, -0.2) is 0 Å². The smallest absolute Gasteiger partial charge is 0.269 e. The number of rotatable bonds is 1. The van der Waals surface area contributed by atoms with E-state index in [0.717, 1.165) is 10.9 Å². The Morgan fingerprint density at radius 1 is 1.29 bits per heavy atom. The van der Waals surface area contributed by atoms with Crippen LogP contribution in [0.2, 0.25) is 0 Å². The molecule has 1 N–H and O–H groups in total. The van der Waals surface area contributed by atoms with Gasteiger partial charge in [0.2, 0.25) is 0 Å². The monoisotopic (exact) mass is 188 g/mol. The lowest BCUT2D eigenvalue weighted by Crippen LogP contribution is -2.21. The van der Waals surface area contributed by atoms with Gasteiger partial charge in [0.25, 0.3) is 5.91 Å². The molecule has 72 valence electrons. The summed E-state index contributed by atoms with van der Waals surface area (Å²) in [5, 5.41) is 1.07. The molecule has 3 heteroatoms. The highest BCUT2D eigenvalue weighted by Gasteiger charge is 2.10. The number of benzene rings is 1. The zero-order chi connectivity index (χ0) is 10.1. The molecule has 0 saturated heterocycles. The van der Waals surface area contributed by atoms with Crippen LogP contribution in [0.15, 0.2) is 30.3 Å². The second kappa shape index (κ2) is 3.18. The molecular formula is C11H12N2O. The number of aromatic amines is 1. The lowest BCUT2D eigenvalue weighted by atomic mass is 10.2. The molecule has 1 amide bonds. The number of aromatic nitrogens is 1. The van der Waals surface area contributed by atoms with E-state index in [1.165, 1.54) is 0 Å². The molecule has 0 fully saturated rings. The minimum absolute atomic E-state index is 0.00111. The number of para-hydroxylation sites is 1. The standard InChI is InChI=1S/C11H12N2O/c1-13(2)11(14)10-7-8-5-3-4-6-9(8)12-10/h3-7,12H,1-2H3. The molecule has 0 bridgehead atoms. The average molecular weight is 188 g/mol. The molecule has 0 aliphatic carbocycles. The molecule has 0 saturated carbocycles. The Morgan fingerprint density at radius 2 is 2.00 bits per heavy atom. The van der Waals surface area contributed by atoms with Crippen molar-refractivity contribution in [2.24, 2.45) is 0 Å². The molecule has 1 heterocycles. The average Bonchev–Trinajstić information content (AvgIpc) is 2.59. The van der Waals surface area contributed by atoms with Crippen LogP contribution >= 0.6 is 0 Å². The third-order valence-electron chi connectivity index (χ3n) is 2.17. The summed E-state index contributed by atoms with van der Waals surface area (Å²) in [6, 6.07) is 9.72. The van der Waals surface area contributed by atoms with Crippen LogP contribution in [0.4, 0.5) is 0 Å². The Kier molecular flexibility index (Phi) is 2.00. The fourth-order valence-corrected chi connectivity index (χ4v) is 1.43. The van der Waals surface area contributed by atoms with Crippen molar-refractivity contribution in [2.75, 3.05) is 14.1 Å². The highest BCUT2D eigenvalue weighted by molar-refractivity contribution is 5.97. The molecule has 0 aliphatic heterocycles. The molecule has 2 aromatic rings. The molecule has 1 aromatic heterocycles. The minimum Gasteiger partial charge on any atom is -0.351 e. The summed E-state index contributed by atoms with van der Waals surface area (Å²) in [7, 11) is 3.49. The predicted molar refractivity (Wildman–Crippen MR) is 56.3 cm³/mol. The maximum absolute atomic E-state index is 11.6. The van der Waals surface area contributed by atoms with Crippen molar-refractivity contribution < 1.29 is 4.79 Å². The van der Waals surface area contributed by atoms with Crippen molar-refractivity contribution in [3.05, 3.63) is 36.0 Å². The molecular weight excluding hydrogens is 176 g/mol. The molecule has 0 unspecified atom stereocenters. The van der Waals surface area contributed by atoms with Crippen LogP contribution in [0.3, 0.4) is 0 Å². The zero-order valence-corrected chi connectivity index (χ0v) is 8.24. The molecule has 0 atom stereocenters. The van der Waals surface area contributed by atoms with Crippen molar-refractivity contribution in [2.45, 2.75) is 0 Å². The van der Waals surface area contributed by atoms with E-state index in [2.05, 4.69) is 4.98 Å². The van der Waals surface area contributed by atoms with Crippen LogP contribution in [-0.2, 0) is 0 Å². The highest BCUT2D eigenvalue weighted by Crippen LogP contribution is 2.15. The molecule has 14 heavy (non-hydrogen) atoms. The second-order valence-electron chi connectivity index (χ2n) is 3.47. The first-order chi connectivity index (χ1) is 6.68. The van der Waals surface area contributed by atoms with E-state index in [9.17, 15) is 4.79 Å². The van der Waals surface area contributed by atoms with Crippen molar-refractivity contribution >= 4 is 16.8 Å². The van der Waals surface area contributed by atoms with E-state index < -0.39 is 0 Å². The van der Waals surface area contributed by atoms with Crippen LogP contribution in [0, 0.1) is 0 Å². The first-order valence-electron chi connectivity index (χ1n) is 4.48. The zero-order valence-electron chi connectivity index (χ0n) is 8.24. The Morgan fingerprint density at radius 3 is 2.64 bits per heavy atom. The quantitative estimate of drug-likeness (QED) is 0.728. The number of nitrogens with one attached hydrogen (secondary N) is 1. The summed E-state index contributed by atoms with van der Waals surface area (Å²) in [6.45, 7) is 0. The Labute approximate surface area is 82.3 Å². The van der Waals surface area contributed by atoms with E-state index in [1.807, 2.05) is 30.3 Å². The topological polar surface area (TPSA) is 36.1 Å². The number of hydrogen-bond acceptors (Lipinski definition) is 1. The fourth-order valence-electron chi connectivity index (χ4n) is 1.43. The molecule has 3 nitrogen and oxygen atoms in total. The van der Waals surface area contributed by atoms with Gasteiger partial charge in [-0.15, -0.1) is 0 Å². The van der Waals surface area contributed by atoms with Crippen molar-refractivity contribution in [3.63, 3.8) is 0 Å². The van der Waals surface area contributed by atoms with E-state index in [0.29, 0.717) is 5.69 Å². The first-order valence-corrected chi connectivity index (χ1v) is 4.48. The highest BCUT2D eigenvalue weighted by atomic mass is 16.2. The van der Waals surface area contributed by atoms with Crippen LogP contribution in [-0.4, -0.2) is 29.9 Å². The normalized spacial score (nSPS) is 10.4. The minimum atomic E-state index is 0.00111. The second-order valence-corrected chi connectivity index (χ2v) is 3.47. The summed E-state index contributed by atoms with van der Waals surface area (Å²) >= 11 is 0. The number of amides is 1. The Hall–Kier alpha value is -1.77. The lowest BCUT2D eigenvalue weighted by Gasteiger charge is -2.07. The van der Waals surface area contributed by atoms with Gasteiger partial charge in [-0.3, -0.25) is 4.79 Å². The SMILES string of the molecule is CN(C)C(=O)c1cc2ccccc2[nH]1. The summed E-state index contributed by atoms with van der Waals surface area (Å²) in [6.07, 6.45) is 0. The maximum atomic E-state index is 11.6. The van der Waals surface area contributed by atoms with E-state index >= 15 is 0 Å². The predicted octanol–water partition coefficient (Wildman–Crippen LogP) is 1.87. The van der Waals surface area contributed by atoms with E-state index in [1.54, 1.807) is 19.0 Å². The van der Waals surface area contributed by atoms with Crippen LogP contribution in [0.5, 0.6) is 0 Å². The van der Waals surface area contributed by atoms with Crippen molar-refractivity contribution in [1.29, 1.82) is 0 Å². The first kappa shape index (κ1) is 8.81. The number of hydrogen-bond donors (Lipinski definition) is 1. The molecule has 0 spiro atoms. The van der Waals surface area contributed by atoms with Gasteiger partial charge < -0.3 is 9.88 Å². The van der Waals surface area contributed by atoms with Gasteiger partial charge in [-0.2, -0.15) is 0 Å². The number of carbonyl (C=O) groups excluding carboxylic acids is 1. The molecule has 0 aliphatic rings. The summed E-state index contributed by atoms with van der Waals surface area (Å²) < 4.78 is 0. The van der Waals surface area contributed by atoms with Gasteiger partial charge >= 0.3 is 0 Å². The molecule has 0 radical (unpaired) electrons. The molecule has 1 aromatic carbocycles. The summed E-state index contributed by atoms with van der Waals surface area (Å²) in [4.78, 5) is 16.3. The molecule has 2 rings (SSSR count). The number of H-pyrrole nitrogens is 1. The summed E-state index contributed by atoms with van der Waals surface area (Å²) in [5.74, 6) is 0.00111. The third kappa shape index (κ3) is 1.37. The van der Waals surface area contributed by atoms with Gasteiger partial charge in [-0.05, 0) is 12.1 Å². The lowest BCUT2D eigenvalue weighted by molar-refractivity contribution is 0.0823. The third-order valence-corrected chi connectivity index (χ3v) is 2.17. The summed E-state index contributed by atoms with van der Waals surface area (Å²) in [5.41, 5.74) is 1.63. The van der Waals surface area contributed by atoms with Crippen molar-refractivity contribution in [1.82, 2.24) is 9.88 Å². The Bertz CT molecular complexity index is 438.